The SMILES string of the molecule is Cc1cccc(Cc2c(C#Cc3ccccc3)oc3ccccc23)c1. The van der Waals surface area contributed by atoms with Crippen molar-refractivity contribution in [2.24, 2.45) is 0 Å². The molecule has 1 nitrogen and oxygen atoms in total. The third-order valence-corrected chi connectivity index (χ3v) is 4.26. The molecule has 1 aromatic heterocycles. The van der Waals surface area contributed by atoms with Gasteiger partial charge in [-0.3, -0.25) is 0 Å². The van der Waals surface area contributed by atoms with E-state index in [0.29, 0.717) is 0 Å². The summed E-state index contributed by atoms with van der Waals surface area (Å²) in [5, 5.41) is 1.14. The summed E-state index contributed by atoms with van der Waals surface area (Å²) >= 11 is 0. The van der Waals surface area contributed by atoms with E-state index in [-0.39, 0.29) is 0 Å². The minimum atomic E-state index is 0.756. The van der Waals surface area contributed by atoms with E-state index in [0.717, 1.165) is 34.3 Å². The highest BCUT2D eigenvalue weighted by Crippen LogP contribution is 2.28. The minimum Gasteiger partial charge on any atom is -0.447 e. The second kappa shape index (κ2) is 6.71. The molecule has 0 amide bonds. The maximum Gasteiger partial charge on any atom is 0.182 e. The first kappa shape index (κ1) is 15.3. The molecule has 0 aliphatic carbocycles. The molecular formula is C24H18O. The normalized spacial score (nSPS) is 10.4. The van der Waals surface area contributed by atoms with Crippen LogP contribution in [0.15, 0.2) is 83.3 Å². The van der Waals surface area contributed by atoms with Gasteiger partial charge >= 0.3 is 0 Å². The largest absolute Gasteiger partial charge is 0.447 e. The first-order chi connectivity index (χ1) is 12.3. The van der Waals surface area contributed by atoms with Crippen LogP contribution in [0.1, 0.15) is 28.0 Å². The van der Waals surface area contributed by atoms with Crippen LogP contribution in [0.3, 0.4) is 0 Å². The molecule has 0 aliphatic rings. The van der Waals surface area contributed by atoms with Crippen molar-refractivity contribution in [3.05, 3.63) is 107 Å². The Morgan fingerprint density at radius 1 is 0.800 bits per heavy atom. The Morgan fingerprint density at radius 2 is 1.60 bits per heavy atom. The fourth-order valence-electron chi connectivity index (χ4n) is 3.05. The summed E-state index contributed by atoms with van der Waals surface area (Å²) in [6.07, 6.45) is 0.817. The van der Waals surface area contributed by atoms with E-state index in [1.807, 2.05) is 48.5 Å². The Bertz CT molecular complexity index is 1080. The minimum absolute atomic E-state index is 0.756. The van der Waals surface area contributed by atoms with Crippen molar-refractivity contribution in [2.45, 2.75) is 13.3 Å². The number of benzene rings is 3. The topological polar surface area (TPSA) is 13.1 Å². The molecule has 0 fully saturated rings. The number of furan rings is 1. The van der Waals surface area contributed by atoms with Crippen molar-refractivity contribution in [3.8, 4) is 11.8 Å². The molecule has 0 bridgehead atoms. The van der Waals surface area contributed by atoms with Crippen LogP contribution >= 0.6 is 0 Å². The van der Waals surface area contributed by atoms with Gasteiger partial charge in [0.25, 0.3) is 0 Å². The Hall–Kier alpha value is -3.24. The molecule has 0 N–H and O–H groups in total. The van der Waals surface area contributed by atoms with Gasteiger partial charge < -0.3 is 4.42 Å². The monoisotopic (exact) mass is 322 g/mol. The van der Waals surface area contributed by atoms with Crippen LogP contribution in [0.25, 0.3) is 11.0 Å². The van der Waals surface area contributed by atoms with E-state index >= 15 is 0 Å². The smallest absolute Gasteiger partial charge is 0.182 e. The molecule has 25 heavy (non-hydrogen) atoms. The standard InChI is InChI=1S/C24H18O/c1-18-8-7-11-20(16-18)17-22-21-12-5-6-13-23(21)25-24(22)15-14-19-9-3-2-4-10-19/h2-13,16H,17H2,1H3. The summed E-state index contributed by atoms with van der Waals surface area (Å²) in [6, 6.07) is 26.8. The zero-order valence-electron chi connectivity index (χ0n) is 14.1. The van der Waals surface area contributed by atoms with Gasteiger partial charge in [-0.25, -0.2) is 0 Å². The predicted molar refractivity (Wildman–Crippen MR) is 103 cm³/mol. The van der Waals surface area contributed by atoms with Crippen LogP contribution in [-0.2, 0) is 6.42 Å². The van der Waals surface area contributed by atoms with Gasteiger partial charge in [-0.1, -0.05) is 72.1 Å². The lowest BCUT2D eigenvalue weighted by Crippen LogP contribution is -1.90. The Labute approximate surface area is 147 Å². The molecule has 0 atom stereocenters. The summed E-state index contributed by atoms with van der Waals surface area (Å²) in [5.41, 5.74) is 5.58. The number of aryl methyl sites for hydroxylation is 1. The van der Waals surface area contributed by atoms with Gasteiger partial charge in [0.15, 0.2) is 5.76 Å². The third-order valence-electron chi connectivity index (χ3n) is 4.26. The number of hydrogen-bond acceptors (Lipinski definition) is 1. The summed E-state index contributed by atoms with van der Waals surface area (Å²) in [6.45, 7) is 2.12. The van der Waals surface area contributed by atoms with Crippen LogP contribution in [0.2, 0.25) is 0 Å². The van der Waals surface area contributed by atoms with Crippen LogP contribution in [0, 0.1) is 18.8 Å². The lowest BCUT2D eigenvalue weighted by molar-refractivity contribution is 0.597. The highest BCUT2D eigenvalue weighted by Gasteiger charge is 2.13. The molecule has 0 aliphatic heterocycles. The van der Waals surface area contributed by atoms with Gasteiger partial charge in [0.05, 0.1) is 0 Å². The lowest BCUT2D eigenvalue weighted by atomic mass is 10.0. The van der Waals surface area contributed by atoms with E-state index in [1.165, 1.54) is 11.1 Å². The Kier molecular flexibility index (Phi) is 4.11. The molecule has 4 aromatic rings. The highest BCUT2D eigenvalue weighted by atomic mass is 16.3. The summed E-state index contributed by atoms with van der Waals surface area (Å²) < 4.78 is 6.05. The van der Waals surface area contributed by atoms with Crippen molar-refractivity contribution in [3.63, 3.8) is 0 Å². The molecule has 0 radical (unpaired) electrons. The molecule has 0 saturated carbocycles. The molecule has 1 heterocycles. The Morgan fingerprint density at radius 3 is 2.44 bits per heavy atom. The van der Waals surface area contributed by atoms with Crippen LogP contribution < -0.4 is 0 Å². The summed E-state index contributed by atoms with van der Waals surface area (Å²) in [4.78, 5) is 0. The van der Waals surface area contributed by atoms with Gasteiger partial charge in [-0.2, -0.15) is 0 Å². The van der Waals surface area contributed by atoms with Crippen molar-refractivity contribution in [1.29, 1.82) is 0 Å². The molecule has 0 saturated heterocycles. The van der Waals surface area contributed by atoms with Crippen molar-refractivity contribution in [2.75, 3.05) is 0 Å². The van der Waals surface area contributed by atoms with Crippen LogP contribution in [0.4, 0.5) is 0 Å². The van der Waals surface area contributed by atoms with Crippen molar-refractivity contribution < 1.29 is 4.42 Å². The van der Waals surface area contributed by atoms with Crippen molar-refractivity contribution >= 4 is 11.0 Å². The molecule has 3 aromatic carbocycles. The van der Waals surface area contributed by atoms with Crippen LogP contribution in [0.5, 0.6) is 0 Å². The number of para-hydroxylation sites is 1. The van der Waals surface area contributed by atoms with Gasteiger partial charge in [-0.15, -0.1) is 0 Å². The predicted octanol–water partition coefficient (Wildman–Crippen LogP) is 5.73. The second-order valence-corrected chi connectivity index (χ2v) is 6.19. The molecule has 4 rings (SSSR count). The zero-order valence-corrected chi connectivity index (χ0v) is 14.1. The third kappa shape index (κ3) is 3.34. The number of rotatable bonds is 2. The maximum absolute atomic E-state index is 6.05. The van der Waals surface area contributed by atoms with E-state index in [9.17, 15) is 0 Å². The van der Waals surface area contributed by atoms with E-state index < -0.39 is 0 Å². The number of hydrogen-bond donors (Lipinski definition) is 0. The fraction of sp³-hybridized carbons (Fsp3) is 0.0833. The van der Waals surface area contributed by atoms with Crippen molar-refractivity contribution in [1.82, 2.24) is 0 Å². The summed E-state index contributed by atoms with van der Waals surface area (Å²) in [5.74, 6) is 7.21. The molecule has 0 unspecified atom stereocenters. The van der Waals surface area contributed by atoms with Gasteiger partial charge in [0.2, 0.25) is 0 Å². The quantitative estimate of drug-likeness (QED) is 0.429. The number of fused-ring (bicyclic) bond motifs is 1. The first-order valence-electron chi connectivity index (χ1n) is 8.42. The lowest BCUT2D eigenvalue weighted by Gasteiger charge is -2.02. The Balaban J connectivity index is 1.80. The molecule has 120 valence electrons. The second-order valence-electron chi connectivity index (χ2n) is 6.19. The van der Waals surface area contributed by atoms with E-state index in [1.54, 1.807) is 0 Å². The highest BCUT2D eigenvalue weighted by molar-refractivity contribution is 5.83. The average molecular weight is 322 g/mol. The van der Waals surface area contributed by atoms with Gasteiger partial charge in [-0.05, 0) is 36.6 Å². The van der Waals surface area contributed by atoms with E-state index in [4.69, 9.17) is 4.42 Å². The van der Waals surface area contributed by atoms with Crippen LogP contribution in [-0.4, -0.2) is 0 Å². The zero-order chi connectivity index (χ0) is 17.1. The fourth-order valence-corrected chi connectivity index (χ4v) is 3.05. The average Bonchev–Trinajstić information content (AvgIpc) is 2.99. The maximum atomic E-state index is 6.05. The first-order valence-corrected chi connectivity index (χ1v) is 8.42. The van der Waals surface area contributed by atoms with Gasteiger partial charge in [0.1, 0.15) is 5.58 Å². The summed E-state index contributed by atoms with van der Waals surface area (Å²) in [7, 11) is 0. The van der Waals surface area contributed by atoms with E-state index in [2.05, 4.69) is 49.1 Å². The molecule has 0 spiro atoms. The molecular weight excluding hydrogens is 304 g/mol. The van der Waals surface area contributed by atoms with Gasteiger partial charge in [0, 0.05) is 22.9 Å². The molecule has 1 heteroatoms.